The van der Waals surface area contributed by atoms with Gasteiger partial charge in [-0.3, -0.25) is 9.58 Å². The van der Waals surface area contributed by atoms with Gasteiger partial charge in [0.25, 0.3) is 0 Å². The first-order valence-electron chi connectivity index (χ1n) is 10.8. The Morgan fingerprint density at radius 2 is 1.94 bits per heavy atom. The van der Waals surface area contributed by atoms with Crippen LogP contribution < -0.4 is 16.0 Å². The molecule has 0 aliphatic carbocycles. The molecule has 0 spiro atoms. The van der Waals surface area contributed by atoms with Gasteiger partial charge in [0.15, 0.2) is 0 Å². The summed E-state index contributed by atoms with van der Waals surface area (Å²) in [5.74, 6) is 2.18. The molecule has 0 radical (unpaired) electrons. The Labute approximate surface area is 187 Å². The van der Waals surface area contributed by atoms with Crippen LogP contribution in [-0.4, -0.2) is 71.3 Å². The Bertz CT molecular complexity index is 1100. The normalized spacial score (nSPS) is 16.8. The minimum Gasteiger partial charge on any atom is -0.379 e. The SMILES string of the molecule is CNc1nc(Nc2cc(-c3ccccc3)nn2C)cc(NC2CN(C3COC3)C2)c1C=N. The Hall–Kier alpha value is -3.43. The molecule has 2 aliphatic heterocycles. The van der Waals surface area contributed by atoms with Gasteiger partial charge in [0, 0.05) is 51.1 Å². The number of anilines is 4. The van der Waals surface area contributed by atoms with E-state index in [1.807, 2.05) is 61.2 Å². The topological polar surface area (TPSA) is 103 Å². The molecule has 4 heterocycles. The summed E-state index contributed by atoms with van der Waals surface area (Å²) in [6, 6.07) is 15.0. The summed E-state index contributed by atoms with van der Waals surface area (Å²) in [5.41, 5.74) is 3.60. The fourth-order valence-electron chi connectivity index (χ4n) is 4.10. The molecule has 0 bridgehead atoms. The maximum absolute atomic E-state index is 7.91. The van der Waals surface area contributed by atoms with Crippen LogP contribution in [0.1, 0.15) is 5.56 Å². The van der Waals surface area contributed by atoms with Crippen molar-refractivity contribution < 1.29 is 4.74 Å². The number of hydrogen-bond acceptors (Lipinski definition) is 8. The molecule has 9 heteroatoms. The van der Waals surface area contributed by atoms with Crippen molar-refractivity contribution in [2.75, 3.05) is 49.3 Å². The number of aromatic nitrogens is 3. The molecule has 4 N–H and O–H groups in total. The largest absolute Gasteiger partial charge is 0.379 e. The third-order valence-electron chi connectivity index (χ3n) is 6.05. The van der Waals surface area contributed by atoms with E-state index in [4.69, 9.17) is 10.1 Å². The standard InChI is InChI=1S/C23H28N8O/c1-25-23-18(10-24)20(26-16-11-31(12-16)17-13-32-14-17)8-21(28-23)27-22-9-19(29-30(22)2)15-6-4-3-5-7-15/h3-10,16-17,24H,11-14H2,1-2H3,(H3,25,26,27,28). The number of pyridine rings is 1. The smallest absolute Gasteiger partial charge is 0.139 e. The second-order valence-corrected chi connectivity index (χ2v) is 8.23. The predicted molar refractivity (Wildman–Crippen MR) is 127 cm³/mol. The van der Waals surface area contributed by atoms with Crippen LogP contribution in [0.3, 0.4) is 0 Å². The highest BCUT2D eigenvalue weighted by atomic mass is 16.5. The van der Waals surface area contributed by atoms with Gasteiger partial charge in [-0.2, -0.15) is 5.10 Å². The number of nitrogens with zero attached hydrogens (tertiary/aromatic N) is 4. The number of rotatable bonds is 8. The summed E-state index contributed by atoms with van der Waals surface area (Å²) in [5, 5.41) is 22.7. The molecule has 0 saturated carbocycles. The number of aryl methyl sites for hydroxylation is 1. The lowest BCUT2D eigenvalue weighted by molar-refractivity contribution is -0.0874. The van der Waals surface area contributed by atoms with Crippen LogP contribution in [0.2, 0.25) is 0 Å². The van der Waals surface area contributed by atoms with Crippen LogP contribution in [0, 0.1) is 5.41 Å². The van der Waals surface area contributed by atoms with Crippen molar-refractivity contribution in [3.05, 3.63) is 48.0 Å². The Morgan fingerprint density at radius 1 is 1.16 bits per heavy atom. The second-order valence-electron chi connectivity index (χ2n) is 8.23. The molecule has 2 fully saturated rings. The van der Waals surface area contributed by atoms with Crippen LogP contribution in [0.5, 0.6) is 0 Å². The molecular weight excluding hydrogens is 404 g/mol. The molecule has 32 heavy (non-hydrogen) atoms. The molecule has 2 aromatic heterocycles. The first-order valence-corrected chi connectivity index (χ1v) is 10.8. The highest BCUT2D eigenvalue weighted by molar-refractivity contribution is 5.93. The lowest BCUT2D eigenvalue weighted by Gasteiger charge is -2.47. The van der Waals surface area contributed by atoms with Crippen LogP contribution in [0.25, 0.3) is 11.3 Å². The fraction of sp³-hybridized carbons (Fsp3) is 0.348. The van der Waals surface area contributed by atoms with Crippen molar-refractivity contribution in [2.24, 2.45) is 7.05 Å². The predicted octanol–water partition coefficient (Wildman–Crippen LogP) is 2.76. The number of likely N-dealkylation sites (tertiary alicyclic amines) is 1. The van der Waals surface area contributed by atoms with Crippen molar-refractivity contribution in [3.63, 3.8) is 0 Å². The maximum atomic E-state index is 7.91. The monoisotopic (exact) mass is 432 g/mol. The Morgan fingerprint density at radius 3 is 2.59 bits per heavy atom. The summed E-state index contributed by atoms with van der Waals surface area (Å²) in [6.45, 7) is 3.63. The highest BCUT2D eigenvalue weighted by Crippen LogP contribution is 2.30. The molecule has 5 rings (SSSR count). The first kappa shape index (κ1) is 20.5. The molecule has 0 unspecified atom stereocenters. The van der Waals surface area contributed by atoms with Gasteiger partial charge in [-0.15, -0.1) is 0 Å². The van der Waals surface area contributed by atoms with E-state index in [-0.39, 0.29) is 0 Å². The number of nitrogens with one attached hydrogen (secondary N) is 4. The average Bonchev–Trinajstić information content (AvgIpc) is 3.11. The van der Waals surface area contributed by atoms with Gasteiger partial charge in [0.1, 0.15) is 17.5 Å². The molecule has 1 aromatic carbocycles. The number of benzene rings is 1. The highest BCUT2D eigenvalue weighted by Gasteiger charge is 2.36. The van der Waals surface area contributed by atoms with E-state index in [0.29, 0.717) is 23.7 Å². The Kier molecular flexibility index (Phi) is 5.50. The first-order chi connectivity index (χ1) is 15.6. The van der Waals surface area contributed by atoms with Gasteiger partial charge < -0.3 is 26.1 Å². The van der Waals surface area contributed by atoms with Crippen LogP contribution in [0.4, 0.5) is 23.1 Å². The summed E-state index contributed by atoms with van der Waals surface area (Å²) in [7, 11) is 3.73. The minimum absolute atomic E-state index is 0.343. The van der Waals surface area contributed by atoms with Gasteiger partial charge in [0.05, 0.1) is 42.2 Å². The molecule has 9 nitrogen and oxygen atoms in total. The van der Waals surface area contributed by atoms with E-state index in [1.54, 1.807) is 0 Å². The van der Waals surface area contributed by atoms with Crippen molar-refractivity contribution in [2.45, 2.75) is 12.1 Å². The summed E-state index contributed by atoms with van der Waals surface area (Å²) >= 11 is 0. The third-order valence-corrected chi connectivity index (χ3v) is 6.05. The zero-order valence-corrected chi connectivity index (χ0v) is 18.3. The Balaban J connectivity index is 1.36. The minimum atomic E-state index is 0.343. The molecule has 166 valence electrons. The van der Waals surface area contributed by atoms with Gasteiger partial charge in [-0.25, -0.2) is 4.98 Å². The molecule has 0 amide bonds. The summed E-state index contributed by atoms with van der Waals surface area (Å²) in [6.07, 6.45) is 1.35. The molecule has 2 aliphatic rings. The number of hydrogen-bond donors (Lipinski definition) is 4. The van der Waals surface area contributed by atoms with Gasteiger partial charge >= 0.3 is 0 Å². The average molecular weight is 433 g/mol. The lowest BCUT2D eigenvalue weighted by Crippen LogP contribution is -2.63. The van der Waals surface area contributed by atoms with Crippen molar-refractivity contribution in [1.82, 2.24) is 19.7 Å². The van der Waals surface area contributed by atoms with E-state index < -0.39 is 0 Å². The van der Waals surface area contributed by atoms with Crippen LogP contribution in [-0.2, 0) is 11.8 Å². The van der Waals surface area contributed by atoms with Crippen LogP contribution in [0.15, 0.2) is 42.5 Å². The maximum Gasteiger partial charge on any atom is 0.139 e. The van der Waals surface area contributed by atoms with Gasteiger partial charge in [-0.1, -0.05) is 30.3 Å². The van der Waals surface area contributed by atoms with E-state index in [2.05, 4.69) is 30.9 Å². The fourth-order valence-corrected chi connectivity index (χ4v) is 4.10. The quantitative estimate of drug-likeness (QED) is 0.406. The van der Waals surface area contributed by atoms with Crippen LogP contribution >= 0.6 is 0 Å². The summed E-state index contributed by atoms with van der Waals surface area (Å²) < 4.78 is 7.11. The van der Waals surface area contributed by atoms with E-state index in [0.717, 1.165) is 54.6 Å². The zero-order chi connectivity index (χ0) is 22.1. The van der Waals surface area contributed by atoms with Gasteiger partial charge in [-0.05, 0) is 0 Å². The van der Waals surface area contributed by atoms with E-state index in [9.17, 15) is 0 Å². The van der Waals surface area contributed by atoms with E-state index >= 15 is 0 Å². The molecule has 2 saturated heterocycles. The van der Waals surface area contributed by atoms with Crippen molar-refractivity contribution in [1.29, 1.82) is 5.41 Å². The zero-order valence-electron chi connectivity index (χ0n) is 18.3. The van der Waals surface area contributed by atoms with Crippen molar-refractivity contribution in [3.8, 4) is 11.3 Å². The molecule has 3 aromatic rings. The van der Waals surface area contributed by atoms with E-state index in [1.165, 1.54) is 6.21 Å². The lowest BCUT2D eigenvalue weighted by atomic mass is 10.0. The molecular formula is C23H28N8O. The van der Waals surface area contributed by atoms with Gasteiger partial charge in [0.2, 0.25) is 0 Å². The summed E-state index contributed by atoms with van der Waals surface area (Å²) in [4.78, 5) is 7.11. The number of ether oxygens (including phenoxy) is 1. The second kappa shape index (κ2) is 8.60. The van der Waals surface area contributed by atoms with Crippen molar-refractivity contribution >= 4 is 29.4 Å². The third kappa shape index (κ3) is 3.92. The molecule has 0 atom stereocenters.